The van der Waals surface area contributed by atoms with E-state index in [1.807, 2.05) is 24.4 Å². The second-order valence-electron chi connectivity index (χ2n) is 9.19. The number of nitriles is 1. The van der Waals surface area contributed by atoms with E-state index < -0.39 is 5.60 Å². The molecule has 0 unspecified atom stereocenters. The number of anilines is 1. The molecule has 1 spiro atoms. The zero-order valence-corrected chi connectivity index (χ0v) is 17.8. The molecule has 8 nitrogen and oxygen atoms in total. The van der Waals surface area contributed by atoms with Crippen molar-refractivity contribution in [1.82, 2.24) is 19.9 Å². The first-order chi connectivity index (χ1) is 14.9. The molecule has 0 atom stereocenters. The summed E-state index contributed by atoms with van der Waals surface area (Å²) in [5.41, 5.74) is 2.24. The molecule has 5 rings (SSSR count). The molecule has 2 N–H and O–H groups in total. The summed E-state index contributed by atoms with van der Waals surface area (Å²) < 4.78 is 7.45. The zero-order valence-electron chi connectivity index (χ0n) is 17.8. The van der Waals surface area contributed by atoms with Crippen LogP contribution in [0.1, 0.15) is 32.3 Å². The van der Waals surface area contributed by atoms with Crippen LogP contribution in [0, 0.1) is 11.3 Å². The van der Waals surface area contributed by atoms with Crippen LogP contribution in [0.4, 0.5) is 5.82 Å². The Bertz CT molecular complexity index is 1150. The molecular formula is C23H26N6O2. The van der Waals surface area contributed by atoms with Gasteiger partial charge in [-0.3, -0.25) is 0 Å². The highest BCUT2D eigenvalue weighted by Gasteiger charge is 2.45. The molecule has 3 aromatic heterocycles. The van der Waals surface area contributed by atoms with Gasteiger partial charge >= 0.3 is 0 Å². The number of pyridine rings is 2. The van der Waals surface area contributed by atoms with Crippen molar-refractivity contribution in [2.75, 3.05) is 31.1 Å². The van der Waals surface area contributed by atoms with Crippen LogP contribution in [0.25, 0.3) is 16.6 Å². The monoisotopic (exact) mass is 418 g/mol. The fourth-order valence-corrected chi connectivity index (χ4v) is 4.11. The van der Waals surface area contributed by atoms with E-state index in [4.69, 9.17) is 9.72 Å². The summed E-state index contributed by atoms with van der Waals surface area (Å²) in [5, 5.41) is 27.5. The summed E-state index contributed by atoms with van der Waals surface area (Å²) >= 11 is 0. The molecule has 2 fully saturated rings. The predicted molar refractivity (Wildman–Crippen MR) is 117 cm³/mol. The second-order valence-corrected chi connectivity index (χ2v) is 9.19. The van der Waals surface area contributed by atoms with Gasteiger partial charge in [-0.15, -0.1) is 0 Å². The van der Waals surface area contributed by atoms with Gasteiger partial charge in [0.25, 0.3) is 0 Å². The number of nitrogens with zero attached hydrogens (tertiary/aromatic N) is 5. The van der Waals surface area contributed by atoms with Crippen molar-refractivity contribution < 1.29 is 9.84 Å². The van der Waals surface area contributed by atoms with Crippen molar-refractivity contribution in [3.63, 3.8) is 0 Å². The lowest BCUT2D eigenvalue weighted by molar-refractivity contribution is 0.0283. The lowest BCUT2D eigenvalue weighted by Gasteiger charge is -2.34. The van der Waals surface area contributed by atoms with Gasteiger partial charge in [0.1, 0.15) is 24.2 Å². The van der Waals surface area contributed by atoms with Crippen LogP contribution in [0.15, 0.2) is 36.8 Å². The number of hydrogen-bond acceptors (Lipinski definition) is 7. The minimum atomic E-state index is -0.956. The number of fused-ring (bicyclic) bond motifs is 1. The van der Waals surface area contributed by atoms with Crippen molar-refractivity contribution in [2.45, 2.75) is 37.8 Å². The summed E-state index contributed by atoms with van der Waals surface area (Å²) in [4.78, 5) is 7.08. The molecule has 3 aromatic rings. The van der Waals surface area contributed by atoms with E-state index >= 15 is 0 Å². The number of aromatic nitrogens is 3. The first-order valence-corrected chi connectivity index (χ1v) is 10.6. The fourth-order valence-electron chi connectivity index (χ4n) is 4.11. The number of aliphatic hydroxyl groups is 1. The first kappa shape index (κ1) is 19.8. The van der Waals surface area contributed by atoms with Crippen LogP contribution in [0.2, 0.25) is 0 Å². The van der Waals surface area contributed by atoms with E-state index in [9.17, 15) is 10.4 Å². The minimum absolute atomic E-state index is 0.145. The normalized spacial score (nSPS) is 17.7. The predicted octanol–water partition coefficient (Wildman–Crippen LogP) is 2.36. The number of rotatable bonds is 5. The van der Waals surface area contributed by atoms with E-state index in [1.165, 1.54) is 12.8 Å². The van der Waals surface area contributed by atoms with Crippen LogP contribution < -0.4 is 15.0 Å². The Morgan fingerprint density at radius 1 is 1.32 bits per heavy atom. The molecule has 1 aliphatic heterocycles. The summed E-state index contributed by atoms with van der Waals surface area (Å²) in [7, 11) is 0. The Morgan fingerprint density at radius 3 is 2.84 bits per heavy atom. The highest BCUT2D eigenvalue weighted by atomic mass is 16.5. The quantitative estimate of drug-likeness (QED) is 0.656. The topological polar surface area (TPSA) is 98.7 Å². The molecule has 1 saturated heterocycles. The van der Waals surface area contributed by atoms with Gasteiger partial charge in [0.2, 0.25) is 0 Å². The maximum atomic E-state index is 10.0. The van der Waals surface area contributed by atoms with Crippen LogP contribution in [-0.2, 0) is 0 Å². The molecule has 2 aliphatic rings. The summed E-state index contributed by atoms with van der Waals surface area (Å²) in [6.07, 6.45) is 7.59. The molecule has 0 amide bonds. The van der Waals surface area contributed by atoms with Crippen LogP contribution in [0.5, 0.6) is 5.75 Å². The van der Waals surface area contributed by atoms with Gasteiger partial charge in [-0.25, -0.2) is 9.50 Å². The maximum absolute atomic E-state index is 10.0. The van der Waals surface area contributed by atoms with Gasteiger partial charge in [0.15, 0.2) is 0 Å². The van der Waals surface area contributed by atoms with Crippen molar-refractivity contribution in [1.29, 1.82) is 5.26 Å². The van der Waals surface area contributed by atoms with Crippen molar-refractivity contribution in [2.24, 2.45) is 0 Å². The Hall–Kier alpha value is -3.15. The number of piperazine rings is 1. The molecule has 0 aromatic carbocycles. The average Bonchev–Trinajstić information content (AvgIpc) is 3.36. The molecule has 4 heterocycles. The van der Waals surface area contributed by atoms with Gasteiger partial charge in [-0.2, -0.15) is 10.4 Å². The minimum Gasteiger partial charge on any atom is -0.489 e. The molecule has 8 heteroatoms. The third kappa shape index (κ3) is 3.94. The van der Waals surface area contributed by atoms with Gasteiger partial charge in [-0.05, 0) is 44.9 Å². The van der Waals surface area contributed by atoms with E-state index in [0.717, 1.165) is 36.6 Å². The molecule has 31 heavy (non-hydrogen) atoms. The van der Waals surface area contributed by atoms with Crippen LogP contribution in [0.3, 0.4) is 0 Å². The second kappa shape index (κ2) is 7.22. The molecular weight excluding hydrogens is 392 g/mol. The van der Waals surface area contributed by atoms with Gasteiger partial charge < -0.3 is 20.1 Å². The number of nitrogens with one attached hydrogen (secondary N) is 1. The summed E-state index contributed by atoms with van der Waals surface area (Å²) in [6, 6.07) is 8.17. The Labute approximate surface area is 181 Å². The van der Waals surface area contributed by atoms with E-state index in [2.05, 4.69) is 21.4 Å². The molecule has 0 radical (unpaired) electrons. The Balaban J connectivity index is 1.49. The third-order valence-electron chi connectivity index (χ3n) is 5.91. The van der Waals surface area contributed by atoms with E-state index in [1.54, 1.807) is 30.8 Å². The molecule has 1 saturated carbocycles. The molecule has 0 bridgehead atoms. The molecule has 1 aliphatic carbocycles. The van der Waals surface area contributed by atoms with Gasteiger partial charge in [-0.1, -0.05) is 0 Å². The average molecular weight is 419 g/mol. The van der Waals surface area contributed by atoms with Gasteiger partial charge in [0, 0.05) is 42.5 Å². The van der Waals surface area contributed by atoms with Crippen molar-refractivity contribution >= 4 is 11.3 Å². The van der Waals surface area contributed by atoms with E-state index in [-0.39, 0.29) is 12.1 Å². The van der Waals surface area contributed by atoms with Crippen LogP contribution in [-0.4, -0.2) is 57.1 Å². The van der Waals surface area contributed by atoms with Crippen molar-refractivity contribution in [3.8, 4) is 22.9 Å². The number of hydrogen-bond donors (Lipinski definition) is 2. The number of ether oxygens (including phenoxy) is 1. The van der Waals surface area contributed by atoms with E-state index in [0.29, 0.717) is 16.8 Å². The van der Waals surface area contributed by atoms with Crippen LogP contribution >= 0.6 is 0 Å². The largest absolute Gasteiger partial charge is 0.489 e. The maximum Gasteiger partial charge on any atom is 0.138 e. The molecule has 160 valence electrons. The Morgan fingerprint density at radius 2 is 2.16 bits per heavy atom. The smallest absolute Gasteiger partial charge is 0.138 e. The lowest BCUT2D eigenvalue weighted by atomic mass is 10.0. The lowest BCUT2D eigenvalue weighted by Crippen LogP contribution is -2.52. The highest BCUT2D eigenvalue weighted by Crippen LogP contribution is 2.38. The standard InChI is InChI=1S/C23H26N6O2/c1-22(2,30)15-31-18-9-19(21-17(10-24)12-27-29(21)13-18)16-3-4-20(25-11-16)28-8-7-26-23(14-28)5-6-23/h3-4,9,11-13,26,30H,5-8,14-15H2,1-2H3. The summed E-state index contributed by atoms with van der Waals surface area (Å²) in [6.45, 7) is 6.44. The third-order valence-corrected chi connectivity index (χ3v) is 5.91. The summed E-state index contributed by atoms with van der Waals surface area (Å²) in [5.74, 6) is 1.54. The first-order valence-electron chi connectivity index (χ1n) is 10.6. The Kier molecular flexibility index (Phi) is 4.61. The fraction of sp³-hybridized carbons (Fsp3) is 0.435. The highest BCUT2D eigenvalue weighted by molar-refractivity contribution is 5.85. The zero-order chi connectivity index (χ0) is 21.6. The van der Waals surface area contributed by atoms with Gasteiger partial charge in [0.05, 0.1) is 29.1 Å². The SMILES string of the molecule is CC(C)(O)COc1cc(-c2ccc(N3CCNC4(CC4)C3)nc2)c2c(C#N)cnn2c1. The van der Waals surface area contributed by atoms with Crippen molar-refractivity contribution in [3.05, 3.63) is 42.4 Å².